The Morgan fingerprint density at radius 2 is 1.95 bits per heavy atom. The van der Waals surface area contributed by atoms with Gasteiger partial charge in [-0.25, -0.2) is 0 Å². The highest BCUT2D eigenvalue weighted by atomic mass is 16.1. The lowest BCUT2D eigenvalue weighted by atomic mass is 9.84. The Morgan fingerprint density at radius 1 is 1.20 bits per heavy atom. The van der Waals surface area contributed by atoms with E-state index in [1.54, 1.807) is 0 Å². The summed E-state index contributed by atoms with van der Waals surface area (Å²) in [6.07, 6.45) is 6.07. The van der Waals surface area contributed by atoms with E-state index in [1.807, 2.05) is 12.1 Å². The van der Waals surface area contributed by atoms with Crippen molar-refractivity contribution in [2.45, 2.75) is 58.2 Å². The molecule has 0 spiro atoms. The molecular formula is C17H24N2O. The van der Waals surface area contributed by atoms with Gasteiger partial charge in [0.1, 0.15) is 0 Å². The van der Waals surface area contributed by atoms with Crippen LogP contribution in [0.5, 0.6) is 0 Å². The molecule has 0 aromatic heterocycles. The van der Waals surface area contributed by atoms with Gasteiger partial charge in [-0.3, -0.25) is 4.79 Å². The molecule has 108 valence electrons. The average molecular weight is 272 g/mol. The van der Waals surface area contributed by atoms with Crippen LogP contribution in [0.15, 0.2) is 18.2 Å². The first-order chi connectivity index (χ1) is 9.76. The quantitative estimate of drug-likeness (QED) is 0.888. The molecular weight excluding hydrogens is 248 g/mol. The number of benzene rings is 1. The number of hydrogen-bond acceptors (Lipinski definition) is 2. The van der Waals surface area contributed by atoms with Crippen molar-refractivity contribution in [1.29, 1.82) is 0 Å². The third-order valence-corrected chi connectivity index (χ3v) is 4.86. The molecule has 0 unspecified atom stereocenters. The minimum atomic E-state index is 0.0969. The number of rotatable bonds is 3. The zero-order valence-electron chi connectivity index (χ0n) is 12.2. The number of nitrogens with one attached hydrogen (secondary N) is 2. The van der Waals surface area contributed by atoms with Crippen LogP contribution in [0.1, 0.15) is 60.5 Å². The molecule has 1 fully saturated rings. The van der Waals surface area contributed by atoms with E-state index in [4.69, 9.17) is 0 Å². The predicted octanol–water partition coefficient (Wildman–Crippen LogP) is 2.99. The summed E-state index contributed by atoms with van der Waals surface area (Å²) in [5, 5.41) is 6.53. The second kappa shape index (κ2) is 5.96. The molecule has 1 aromatic rings. The first-order valence-electron chi connectivity index (χ1n) is 7.89. The Balaban J connectivity index is 1.59. The molecule has 1 aromatic carbocycles. The van der Waals surface area contributed by atoms with Gasteiger partial charge in [0.15, 0.2) is 0 Å². The van der Waals surface area contributed by atoms with Gasteiger partial charge in [0, 0.05) is 24.7 Å². The van der Waals surface area contributed by atoms with Crippen molar-refractivity contribution >= 4 is 5.91 Å². The number of carbonyl (C=O) groups excluding carboxylic acids is 1. The van der Waals surface area contributed by atoms with Gasteiger partial charge in [-0.15, -0.1) is 0 Å². The van der Waals surface area contributed by atoms with Crippen molar-refractivity contribution in [1.82, 2.24) is 10.6 Å². The Labute approximate surface area is 121 Å². The number of carbonyl (C=O) groups is 1. The van der Waals surface area contributed by atoms with Crippen LogP contribution in [0.2, 0.25) is 0 Å². The minimum absolute atomic E-state index is 0.0969. The van der Waals surface area contributed by atoms with E-state index >= 15 is 0 Å². The van der Waals surface area contributed by atoms with Gasteiger partial charge in [0.2, 0.25) is 0 Å². The Kier molecular flexibility index (Phi) is 4.06. The SMILES string of the molecule is CCC1CCC(NC(=O)c2ccc3c(c2)CNC3)CC1. The van der Waals surface area contributed by atoms with Crippen molar-refractivity contribution in [2.24, 2.45) is 5.92 Å². The third kappa shape index (κ3) is 2.88. The maximum Gasteiger partial charge on any atom is 0.251 e. The molecule has 1 aliphatic carbocycles. The van der Waals surface area contributed by atoms with E-state index in [9.17, 15) is 4.79 Å². The number of fused-ring (bicyclic) bond motifs is 1. The molecule has 0 atom stereocenters. The maximum absolute atomic E-state index is 12.3. The highest BCUT2D eigenvalue weighted by Gasteiger charge is 2.22. The smallest absolute Gasteiger partial charge is 0.251 e. The topological polar surface area (TPSA) is 41.1 Å². The molecule has 2 aliphatic rings. The average Bonchev–Trinajstić information content (AvgIpc) is 2.95. The Bertz CT molecular complexity index is 490. The summed E-state index contributed by atoms with van der Waals surface area (Å²) in [5.41, 5.74) is 3.41. The largest absolute Gasteiger partial charge is 0.349 e. The van der Waals surface area contributed by atoms with Gasteiger partial charge in [-0.05, 0) is 54.9 Å². The molecule has 3 heteroatoms. The zero-order valence-corrected chi connectivity index (χ0v) is 12.2. The van der Waals surface area contributed by atoms with Crippen LogP contribution in [-0.4, -0.2) is 11.9 Å². The summed E-state index contributed by atoms with van der Waals surface area (Å²) in [6.45, 7) is 4.08. The molecule has 2 N–H and O–H groups in total. The van der Waals surface area contributed by atoms with Crippen molar-refractivity contribution < 1.29 is 4.79 Å². The fourth-order valence-electron chi connectivity index (χ4n) is 3.42. The maximum atomic E-state index is 12.3. The number of hydrogen-bond donors (Lipinski definition) is 2. The van der Waals surface area contributed by atoms with Crippen LogP contribution in [0.4, 0.5) is 0 Å². The highest BCUT2D eigenvalue weighted by Crippen LogP contribution is 2.26. The molecule has 1 amide bonds. The van der Waals surface area contributed by atoms with E-state index in [2.05, 4.69) is 23.6 Å². The van der Waals surface area contributed by atoms with Crippen molar-refractivity contribution in [2.75, 3.05) is 0 Å². The van der Waals surface area contributed by atoms with Gasteiger partial charge in [0.25, 0.3) is 5.91 Å². The van der Waals surface area contributed by atoms with Crippen molar-refractivity contribution in [3.8, 4) is 0 Å². The lowest BCUT2D eigenvalue weighted by Crippen LogP contribution is -2.37. The molecule has 0 saturated heterocycles. The van der Waals surface area contributed by atoms with Crippen LogP contribution in [0.25, 0.3) is 0 Å². The van der Waals surface area contributed by atoms with Gasteiger partial charge < -0.3 is 10.6 Å². The highest BCUT2D eigenvalue weighted by molar-refractivity contribution is 5.94. The van der Waals surface area contributed by atoms with E-state index in [0.29, 0.717) is 6.04 Å². The Morgan fingerprint density at radius 3 is 2.70 bits per heavy atom. The van der Waals surface area contributed by atoms with Gasteiger partial charge >= 0.3 is 0 Å². The van der Waals surface area contributed by atoms with E-state index < -0.39 is 0 Å². The fraction of sp³-hybridized carbons (Fsp3) is 0.588. The van der Waals surface area contributed by atoms with Crippen LogP contribution >= 0.6 is 0 Å². The van der Waals surface area contributed by atoms with E-state index in [0.717, 1.165) is 37.4 Å². The first-order valence-corrected chi connectivity index (χ1v) is 7.89. The monoisotopic (exact) mass is 272 g/mol. The summed E-state index contributed by atoms with van der Waals surface area (Å²) < 4.78 is 0. The summed E-state index contributed by atoms with van der Waals surface area (Å²) in [5.74, 6) is 0.967. The normalized spacial score (nSPS) is 25.2. The van der Waals surface area contributed by atoms with Crippen molar-refractivity contribution in [3.63, 3.8) is 0 Å². The lowest BCUT2D eigenvalue weighted by molar-refractivity contribution is 0.0921. The summed E-state index contributed by atoms with van der Waals surface area (Å²) in [6, 6.07) is 6.45. The summed E-state index contributed by atoms with van der Waals surface area (Å²) in [7, 11) is 0. The summed E-state index contributed by atoms with van der Waals surface area (Å²) in [4.78, 5) is 12.3. The molecule has 1 aliphatic heterocycles. The molecule has 3 nitrogen and oxygen atoms in total. The molecule has 3 rings (SSSR count). The van der Waals surface area contributed by atoms with Gasteiger partial charge in [-0.1, -0.05) is 19.4 Å². The molecule has 0 bridgehead atoms. The lowest BCUT2D eigenvalue weighted by Gasteiger charge is -2.28. The molecule has 1 heterocycles. The van der Waals surface area contributed by atoms with Crippen molar-refractivity contribution in [3.05, 3.63) is 34.9 Å². The fourth-order valence-corrected chi connectivity index (χ4v) is 3.42. The predicted molar refractivity (Wildman–Crippen MR) is 80.5 cm³/mol. The van der Waals surface area contributed by atoms with Gasteiger partial charge in [0.05, 0.1) is 0 Å². The third-order valence-electron chi connectivity index (χ3n) is 4.86. The number of amides is 1. The van der Waals surface area contributed by atoms with Crippen LogP contribution in [0, 0.1) is 5.92 Å². The van der Waals surface area contributed by atoms with Crippen LogP contribution in [-0.2, 0) is 13.1 Å². The summed E-state index contributed by atoms with van der Waals surface area (Å²) >= 11 is 0. The molecule has 0 radical (unpaired) electrons. The standard InChI is InChI=1S/C17H24N2O/c1-2-12-3-7-16(8-4-12)19-17(20)13-5-6-14-10-18-11-15(14)9-13/h5-6,9,12,16,18H,2-4,7-8,10-11H2,1H3,(H,19,20). The Hall–Kier alpha value is -1.35. The van der Waals surface area contributed by atoms with Crippen LogP contribution < -0.4 is 10.6 Å². The first kappa shape index (κ1) is 13.6. The zero-order chi connectivity index (χ0) is 13.9. The second-order valence-electron chi connectivity index (χ2n) is 6.19. The molecule has 20 heavy (non-hydrogen) atoms. The second-order valence-corrected chi connectivity index (χ2v) is 6.19. The van der Waals surface area contributed by atoms with E-state index in [1.165, 1.54) is 30.4 Å². The molecule has 1 saturated carbocycles. The van der Waals surface area contributed by atoms with E-state index in [-0.39, 0.29) is 5.91 Å². The minimum Gasteiger partial charge on any atom is -0.349 e. The van der Waals surface area contributed by atoms with Crippen LogP contribution in [0.3, 0.4) is 0 Å². The van der Waals surface area contributed by atoms with Gasteiger partial charge in [-0.2, -0.15) is 0 Å².